The molecule has 1 N–H and O–H groups in total. The lowest BCUT2D eigenvalue weighted by Crippen LogP contribution is -2.27. The van der Waals surface area contributed by atoms with E-state index in [-0.39, 0.29) is 5.91 Å². The van der Waals surface area contributed by atoms with Gasteiger partial charge in [-0.1, -0.05) is 6.92 Å². The molecule has 2 heterocycles. The summed E-state index contributed by atoms with van der Waals surface area (Å²) in [6.45, 7) is 4.32. The first kappa shape index (κ1) is 13.5. The fourth-order valence-electron chi connectivity index (χ4n) is 2.03. The van der Waals surface area contributed by atoms with Crippen LogP contribution in [0.25, 0.3) is 0 Å². The van der Waals surface area contributed by atoms with Gasteiger partial charge < -0.3 is 10.1 Å². The third-order valence-corrected chi connectivity index (χ3v) is 4.15. The minimum atomic E-state index is 0.136. The highest BCUT2D eigenvalue weighted by Crippen LogP contribution is 2.15. The average Bonchev–Trinajstić information content (AvgIpc) is 3.00. The lowest BCUT2D eigenvalue weighted by atomic mass is 10.1. The first-order chi connectivity index (χ1) is 8.78. The molecule has 18 heavy (non-hydrogen) atoms. The fourth-order valence-corrected chi connectivity index (χ4v) is 2.81. The van der Waals surface area contributed by atoms with E-state index in [1.165, 1.54) is 5.01 Å². The standard InChI is InChI=1S/C13H20N2O2S/c1-2-13-15-11(9-18-13)3-5-14-12(16)7-10-4-6-17-8-10/h9-10H,2-8H2,1H3,(H,14,16). The van der Waals surface area contributed by atoms with Crippen molar-refractivity contribution in [2.24, 2.45) is 5.92 Å². The van der Waals surface area contributed by atoms with E-state index in [2.05, 4.69) is 22.6 Å². The summed E-state index contributed by atoms with van der Waals surface area (Å²) in [5, 5.41) is 6.20. The van der Waals surface area contributed by atoms with E-state index in [1.54, 1.807) is 11.3 Å². The fraction of sp³-hybridized carbons (Fsp3) is 0.692. The normalized spacial score (nSPS) is 19.1. The second-order valence-corrected chi connectivity index (χ2v) is 5.56. The molecule has 0 aliphatic carbocycles. The van der Waals surface area contributed by atoms with Crippen LogP contribution in [-0.4, -0.2) is 30.6 Å². The molecule has 1 aromatic rings. The van der Waals surface area contributed by atoms with E-state index in [0.717, 1.165) is 38.2 Å². The maximum Gasteiger partial charge on any atom is 0.220 e. The minimum absolute atomic E-state index is 0.136. The molecule has 1 fully saturated rings. The van der Waals surface area contributed by atoms with Gasteiger partial charge >= 0.3 is 0 Å². The summed E-state index contributed by atoms with van der Waals surface area (Å²) in [4.78, 5) is 16.1. The molecule has 2 rings (SSSR count). The number of hydrogen-bond acceptors (Lipinski definition) is 4. The Bertz CT molecular complexity index is 386. The van der Waals surface area contributed by atoms with Gasteiger partial charge in [-0.3, -0.25) is 4.79 Å². The minimum Gasteiger partial charge on any atom is -0.381 e. The zero-order valence-electron chi connectivity index (χ0n) is 10.8. The summed E-state index contributed by atoms with van der Waals surface area (Å²) >= 11 is 1.69. The van der Waals surface area contributed by atoms with E-state index >= 15 is 0 Å². The van der Waals surface area contributed by atoms with Gasteiger partial charge in [0.05, 0.1) is 10.7 Å². The summed E-state index contributed by atoms with van der Waals surface area (Å²) in [6.07, 6.45) is 3.42. The van der Waals surface area contributed by atoms with Crippen LogP contribution >= 0.6 is 11.3 Å². The van der Waals surface area contributed by atoms with E-state index in [4.69, 9.17) is 4.74 Å². The largest absolute Gasteiger partial charge is 0.381 e. The zero-order chi connectivity index (χ0) is 12.8. The Morgan fingerprint density at radius 1 is 1.67 bits per heavy atom. The molecule has 1 aliphatic heterocycles. The van der Waals surface area contributed by atoms with Crippen LogP contribution in [0.15, 0.2) is 5.38 Å². The molecule has 1 aliphatic rings. The molecular weight excluding hydrogens is 248 g/mol. The van der Waals surface area contributed by atoms with E-state index in [1.807, 2.05) is 0 Å². The van der Waals surface area contributed by atoms with Crippen molar-refractivity contribution in [3.8, 4) is 0 Å². The van der Waals surface area contributed by atoms with Crippen molar-refractivity contribution >= 4 is 17.2 Å². The summed E-state index contributed by atoms with van der Waals surface area (Å²) in [7, 11) is 0. The molecule has 4 nitrogen and oxygen atoms in total. The maximum atomic E-state index is 11.7. The molecule has 5 heteroatoms. The smallest absolute Gasteiger partial charge is 0.220 e. The predicted molar refractivity (Wildman–Crippen MR) is 71.7 cm³/mol. The number of aromatic nitrogens is 1. The molecule has 1 aromatic heterocycles. The summed E-state index contributed by atoms with van der Waals surface area (Å²) in [5.74, 6) is 0.549. The SMILES string of the molecule is CCc1nc(CCNC(=O)CC2CCOC2)cs1. The van der Waals surface area contributed by atoms with Gasteiger partial charge in [-0.05, 0) is 18.8 Å². The van der Waals surface area contributed by atoms with Crippen molar-refractivity contribution in [1.82, 2.24) is 10.3 Å². The van der Waals surface area contributed by atoms with Gasteiger partial charge in [0.15, 0.2) is 0 Å². The highest BCUT2D eigenvalue weighted by molar-refractivity contribution is 7.09. The van der Waals surface area contributed by atoms with Gasteiger partial charge in [-0.25, -0.2) is 4.98 Å². The van der Waals surface area contributed by atoms with Crippen molar-refractivity contribution in [3.05, 3.63) is 16.1 Å². The van der Waals surface area contributed by atoms with Gasteiger partial charge in [-0.15, -0.1) is 11.3 Å². The van der Waals surface area contributed by atoms with Crippen molar-refractivity contribution in [2.75, 3.05) is 19.8 Å². The van der Waals surface area contributed by atoms with Crippen LogP contribution in [0, 0.1) is 5.92 Å². The topological polar surface area (TPSA) is 51.2 Å². The van der Waals surface area contributed by atoms with Crippen molar-refractivity contribution in [2.45, 2.75) is 32.6 Å². The summed E-state index contributed by atoms with van der Waals surface area (Å²) < 4.78 is 5.26. The van der Waals surface area contributed by atoms with Crippen LogP contribution in [0.5, 0.6) is 0 Å². The number of nitrogens with one attached hydrogen (secondary N) is 1. The Morgan fingerprint density at radius 3 is 3.22 bits per heavy atom. The number of carbonyl (C=O) groups is 1. The highest BCUT2D eigenvalue weighted by Gasteiger charge is 2.18. The molecule has 0 radical (unpaired) electrons. The average molecular weight is 268 g/mol. The van der Waals surface area contributed by atoms with Crippen LogP contribution in [0.2, 0.25) is 0 Å². The Hall–Kier alpha value is -0.940. The van der Waals surface area contributed by atoms with Gasteiger partial charge in [-0.2, -0.15) is 0 Å². The molecule has 0 bridgehead atoms. The van der Waals surface area contributed by atoms with Gasteiger partial charge in [0, 0.05) is 38.0 Å². The van der Waals surface area contributed by atoms with Crippen molar-refractivity contribution < 1.29 is 9.53 Å². The lowest BCUT2D eigenvalue weighted by molar-refractivity contribution is -0.122. The molecule has 0 spiro atoms. The van der Waals surface area contributed by atoms with E-state index in [0.29, 0.717) is 18.9 Å². The predicted octanol–water partition coefficient (Wildman–Crippen LogP) is 1.79. The number of carbonyl (C=O) groups excluding carboxylic acids is 1. The first-order valence-electron chi connectivity index (χ1n) is 6.55. The van der Waals surface area contributed by atoms with E-state index < -0.39 is 0 Å². The second-order valence-electron chi connectivity index (χ2n) is 4.62. The molecule has 1 saturated heterocycles. The third kappa shape index (κ3) is 4.07. The Balaban J connectivity index is 1.63. The van der Waals surface area contributed by atoms with Crippen LogP contribution in [0.4, 0.5) is 0 Å². The lowest BCUT2D eigenvalue weighted by Gasteiger charge is -2.07. The summed E-state index contributed by atoms with van der Waals surface area (Å²) in [5.41, 5.74) is 1.08. The molecule has 1 amide bonds. The molecule has 0 aromatic carbocycles. The Kier molecular flexibility index (Phi) is 5.13. The quantitative estimate of drug-likeness (QED) is 0.856. The third-order valence-electron chi connectivity index (χ3n) is 3.10. The van der Waals surface area contributed by atoms with Crippen LogP contribution < -0.4 is 5.32 Å². The molecule has 1 unspecified atom stereocenters. The number of rotatable bonds is 6. The molecule has 1 atom stereocenters. The maximum absolute atomic E-state index is 11.7. The summed E-state index contributed by atoms with van der Waals surface area (Å²) in [6, 6.07) is 0. The number of nitrogens with zero attached hydrogens (tertiary/aromatic N) is 1. The number of hydrogen-bond donors (Lipinski definition) is 1. The number of thiazole rings is 1. The molecular formula is C13H20N2O2S. The van der Waals surface area contributed by atoms with Crippen LogP contribution in [0.3, 0.4) is 0 Å². The molecule has 0 saturated carbocycles. The second kappa shape index (κ2) is 6.85. The van der Waals surface area contributed by atoms with Crippen LogP contribution in [-0.2, 0) is 22.4 Å². The van der Waals surface area contributed by atoms with Crippen molar-refractivity contribution in [3.63, 3.8) is 0 Å². The van der Waals surface area contributed by atoms with Gasteiger partial charge in [0.2, 0.25) is 5.91 Å². The van der Waals surface area contributed by atoms with Gasteiger partial charge in [0.1, 0.15) is 0 Å². The number of ether oxygens (including phenoxy) is 1. The van der Waals surface area contributed by atoms with Crippen LogP contribution in [0.1, 0.15) is 30.5 Å². The zero-order valence-corrected chi connectivity index (χ0v) is 11.6. The number of aryl methyl sites for hydroxylation is 1. The van der Waals surface area contributed by atoms with E-state index in [9.17, 15) is 4.79 Å². The highest BCUT2D eigenvalue weighted by atomic mass is 32.1. The Labute approximate surface area is 112 Å². The molecule has 100 valence electrons. The monoisotopic (exact) mass is 268 g/mol. The first-order valence-corrected chi connectivity index (χ1v) is 7.43. The van der Waals surface area contributed by atoms with Gasteiger partial charge in [0.25, 0.3) is 0 Å². The number of amides is 1. The van der Waals surface area contributed by atoms with Crippen molar-refractivity contribution in [1.29, 1.82) is 0 Å². The Morgan fingerprint density at radius 2 is 2.56 bits per heavy atom.